The standard InChI is InChI=1S/C15H17Cl3N2O5/c1-15(2,3)25-14(23)20-10(6-12(19)21)13(22)24-11-5-8(17)7(16)4-9(11)18/h4-5,10H,6H2,1-3H3,(H2,19,21)(H,20,23)/t10-/m0/s1. The third-order valence-corrected chi connectivity index (χ3v) is 3.58. The van der Waals surface area contributed by atoms with Gasteiger partial charge in [0.25, 0.3) is 0 Å². The molecule has 0 fully saturated rings. The molecule has 0 saturated carbocycles. The maximum Gasteiger partial charge on any atom is 0.408 e. The number of hydrogen-bond acceptors (Lipinski definition) is 5. The van der Waals surface area contributed by atoms with Crippen molar-refractivity contribution in [3.8, 4) is 5.75 Å². The summed E-state index contributed by atoms with van der Waals surface area (Å²) in [4.78, 5) is 35.2. The highest BCUT2D eigenvalue weighted by Crippen LogP contribution is 2.34. The molecule has 25 heavy (non-hydrogen) atoms. The first-order valence-electron chi connectivity index (χ1n) is 7.03. The summed E-state index contributed by atoms with van der Waals surface area (Å²) in [5.41, 5.74) is 4.30. The van der Waals surface area contributed by atoms with Crippen LogP contribution in [0.4, 0.5) is 4.79 Å². The molecule has 0 aliphatic rings. The normalized spacial score (nSPS) is 12.2. The number of primary amides is 1. The lowest BCUT2D eigenvalue weighted by Crippen LogP contribution is -2.47. The molecular formula is C15H17Cl3N2O5. The molecule has 1 rings (SSSR count). The second-order valence-corrected chi connectivity index (χ2v) is 7.21. The lowest BCUT2D eigenvalue weighted by molar-refractivity contribution is -0.138. The van der Waals surface area contributed by atoms with Crippen molar-refractivity contribution >= 4 is 52.8 Å². The molecule has 0 aliphatic carbocycles. The highest BCUT2D eigenvalue weighted by Gasteiger charge is 2.28. The van der Waals surface area contributed by atoms with Crippen molar-refractivity contribution < 1.29 is 23.9 Å². The minimum absolute atomic E-state index is 0.0258. The molecule has 0 aliphatic heterocycles. The van der Waals surface area contributed by atoms with E-state index in [-0.39, 0.29) is 20.8 Å². The number of halogens is 3. The van der Waals surface area contributed by atoms with Gasteiger partial charge in [-0.2, -0.15) is 0 Å². The number of rotatable bonds is 5. The van der Waals surface area contributed by atoms with E-state index in [0.717, 1.165) is 0 Å². The van der Waals surface area contributed by atoms with Gasteiger partial charge >= 0.3 is 12.1 Å². The van der Waals surface area contributed by atoms with Crippen LogP contribution in [-0.4, -0.2) is 29.6 Å². The van der Waals surface area contributed by atoms with Gasteiger partial charge in [-0.05, 0) is 26.8 Å². The first-order chi connectivity index (χ1) is 11.4. The molecule has 0 bridgehead atoms. The quantitative estimate of drug-likeness (QED) is 0.439. The summed E-state index contributed by atoms with van der Waals surface area (Å²) >= 11 is 17.6. The van der Waals surface area contributed by atoms with E-state index in [1.807, 2.05) is 0 Å². The Bertz CT molecular complexity index is 688. The van der Waals surface area contributed by atoms with Crippen LogP contribution >= 0.6 is 34.8 Å². The number of alkyl carbamates (subject to hydrolysis) is 1. The summed E-state index contributed by atoms with van der Waals surface area (Å²) in [6.45, 7) is 4.93. The maximum absolute atomic E-state index is 12.3. The average molecular weight is 412 g/mol. The van der Waals surface area contributed by atoms with Crippen molar-refractivity contribution in [2.45, 2.75) is 38.8 Å². The Morgan fingerprint density at radius 3 is 2.20 bits per heavy atom. The average Bonchev–Trinajstić information content (AvgIpc) is 2.41. The summed E-state index contributed by atoms with van der Waals surface area (Å²) in [5.74, 6) is -1.87. The molecule has 0 aromatic heterocycles. The summed E-state index contributed by atoms with van der Waals surface area (Å²) in [6, 6.07) is 1.16. The van der Waals surface area contributed by atoms with Crippen LogP contribution in [0.3, 0.4) is 0 Å². The number of nitrogens with one attached hydrogen (secondary N) is 1. The van der Waals surface area contributed by atoms with Crippen LogP contribution in [0.15, 0.2) is 12.1 Å². The zero-order valence-electron chi connectivity index (χ0n) is 13.7. The number of amides is 2. The zero-order chi connectivity index (χ0) is 19.4. The number of benzene rings is 1. The molecule has 1 aromatic carbocycles. The van der Waals surface area contributed by atoms with E-state index in [9.17, 15) is 14.4 Å². The molecule has 0 spiro atoms. The fourth-order valence-corrected chi connectivity index (χ4v) is 2.18. The van der Waals surface area contributed by atoms with Crippen LogP contribution < -0.4 is 15.8 Å². The van der Waals surface area contributed by atoms with Gasteiger partial charge in [-0.3, -0.25) is 4.79 Å². The summed E-state index contributed by atoms with van der Waals surface area (Å²) in [7, 11) is 0. The van der Waals surface area contributed by atoms with E-state index in [0.29, 0.717) is 0 Å². The molecule has 1 aromatic rings. The van der Waals surface area contributed by atoms with E-state index in [4.69, 9.17) is 50.0 Å². The molecular weight excluding hydrogens is 395 g/mol. The highest BCUT2D eigenvalue weighted by atomic mass is 35.5. The third-order valence-electron chi connectivity index (χ3n) is 2.57. The second kappa shape index (κ2) is 8.60. The molecule has 0 unspecified atom stereocenters. The van der Waals surface area contributed by atoms with Gasteiger partial charge in [0.15, 0.2) is 5.75 Å². The van der Waals surface area contributed by atoms with E-state index >= 15 is 0 Å². The fourth-order valence-electron chi connectivity index (χ4n) is 1.61. The van der Waals surface area contributed by atoms with E-state index in [1.165, 1.54) is 12.1 Å². The Morgan fingerprint density at radius 1 is 1.12 bits per heavy atom. The van der Waals surface area contributed by atoms with Gasteiger partial charge in [0.1, 0.15) is 11.6 Å². The lowest BCUT2D eigenvalue weighted by Gasteiger charge is -2.22. The Morgan fingerprint density at radius 2 is 1.68 bits per heavy atom. The van der Waals surface area contributed by atoms with Gasteiger partial charge in [0.2, 0.25) is 5.91 Å². The van der Waals surface area contributed by atoms with E-state index in [1.54, 1.807) is 20.8 Å². The molecule has 0 saturated heterocycles. The number of hydrogen-bond donors (Lipinski definition) is 2. The maximum atomic E-state index is 12.3. The molecule has 2 amide bonds. The number of carbonyl (C=O) groups is 3. The van der Waals surface area contributed by atoms with Crippen molar-refractivity contribution in [3.63, 3.8) is 0 Å². The monoisotopic (exact) mass is 410 g/mol. The van der Waals surface area contributed by atoms with Gasteiger partial charge in [0, 0.05) is 6.07 Å². The van der Waals surface area contributed by atoms with Crippen LogP contribution in [-0.2, 0) is 14.3 Å². The topological polar surface area (TPSA) is 108 Å². The highest BCUT2D eigenvalue weighted by molar-refractivity contribution is 6.43. The number of ether oxygens (including phenoxy) is 2. The molecule has 0 radical (unpaired) electrons. The molecule has 138 valence electrons. The lowest BCUT2D eigenvalue weighted by atomic mass is 10.2. The van der Waals surface area contributed by atoms with Crippen molar-refractivity contribution in [3.05, 3.63) is 27.2 Å². The minimum atomic E-state index is -1.36. The summed E-state index contributed by atoms with van der Waals surface area (Å²) < 4.78 is 10.1. The van der Waals surface area contributed by atoms with Gasteiger partial charge < -0.3 is 20.5 Å². The Hall–Kier alpha value is -1.70. The van der Waals surface area contributed by atoms with Gasteiger partial charge in [-0.25, -0.2) is 9.59 Å². The van der Waals surface area contributed by atoms with Crippen molar-refractivity contribution in [1.82, 2.24) is 5.32 Å². The summed E-state index contributed by atoms with van der Waals surface area (Å²) in [5, 5.41) is 2.54. The van der Waals surface area contributed by atoms with Crippen LogP contribution in [0.1, 0.15) is 27.2 Å². The first kappa shape index (κ1) is 21.3. The Labute approximate surface area is 159 Å². The fraction of sp³-hybridized carbons (Fsp3) is 0.400. The second-order valence-electron chi connectivity index (χ2n) is 5.99. The summed E-state index contributed by atoms with van der Waals surface area (Å²) in [6.07, 6.45) is -1.40. The van der Waals surface area contributed by atoms with Crippen LogP contribution in [0.5, 0.6) is 5.75 Å². The van der Waals surface area contributed by atoms with Gasteiger partial charge in [0.05, 0.1) is 21.5 Å². The largest absolute Gasteiger partial charge is 0.444 e. The van der Waals surface area contributed by atoms with E-state index < -0.39 is 36.0 Å². The Kier molecular flexibility index (Phi) is 7.34. The number of carbonyl (C=O) groups excluding carboxylic acids is 3. The van der Waals surface area contributed by atoms with E-state index in [2.05, 4.69) is 5.32 Å². The van der Waals surface area contributed by atoms with Crippen LogP contribution in [0.2, 0.25) is 15.1 Å². The molecule has 10 heteroatoms. The third kappa shape index (κ3) is 7.37. The van der Waals surface area contributed by atoms with Gasteiger partial charge in [-0.1, -0.05) is 34.8 Å². The number of nitrogens with two attached hydrogens (primary N) is 1. The smallest absolute Gasteiger partial charge is 0.408 e. The first-order valence-corrected chi connectivity index (χ1v) is 8.16. The minimum Gasteiger partial charge on any atom is -0.444 e. The molecule has 3 N–H and O–H groups in total. The molecule has 0 heterocycles. The SMILES string of the molecule is CC(C)(C)OC(=O)N[C@@H](CC(N)=O)C(=O)Oc1cc(Cl)c(Cl)cc1Cl. The molecule has 1 atom stereocenters. The van der Waals surface area contributed by atoms with Crippen LogP contribution in [0, 0.1) is 0 Å². The van der Waals surface area contributed by atoms with Crippen LogP contribution in [0.25, 0.3) is 0 Å². The predicted molar refractivity (Wildman–Crippen MR) is 94.1 cm³/mol. The van der Waals surface area contributed by atoms with Crippen molar-refractivity contribution in [1.29, 1.82) is 0 Å². The Balaban J connectivity index is 2.92. The number of esters is 1. The molecule has 7 nitrogen and oxygen atoms in total. The van der Waals surface area contributed by atoms with Crippen molar-refractivity contribution in [2.75, 3.05) is 0 Å². The van der Waals surface area contributed by atoms with Gasteiger partial charge in [-0.15, -0.1) is 0 Å². The van der Waals surface area contributed by atoms with Crippen molar-refractivity contribution in [2.24, 2.45) is 5.73 Å². The predicted octanol–water partition coefficient (Wildman–Crippen LogP) is 3.32. The zero-order valence-corrected chi connectivity index (χ0v) is 16.0.